The quantitative estimate of drug-likeness (QED) is 0.0802. The van der Waals surface area contributed by atoms with Gasteiger partial charge in [0.15, 0.2) is 5.60 Å². The molecule has 0 saturated heterocycles. The molecule has 5 rings (SSSR count). The molecule has 0 saturated carbocycles. The number of benzene rings is 1. The summed E-state index contributed by atoms with van der Waals surface area (Å²) in [6.07, 6.45) is 2.66. The van der Waals surface area contributed by atoms with Crippen molar-refractivity contribution in [3.8, 4) is 17.1 Å². The molecule has 0 bridgehead atoms. The zero-order valence-corrected chi connectivity index (χ0v) is 30.0. The first-order valence-corrected chi connectivity index (χ1v) is 17.9. The van der Waals surface area contributed by atoms with Crippen LogP contribution >= 0.6 is 0 Å². The average Bonchev–Trinajstić information content (AvgIpc) is 3.51. The number of hydrogen-bond acceptors (Lipinski definition) is 12. The largest absolute Gasteiger partial charge is 0.481 e. The van der Waals surface area contributed by atoms with E-state index in [0.29, 0.717) is 42.2 Å². The lowest BCUT2D eigenvalue weighted by molar-refractivity contribution is -0.172. The number of ether oxygens (including phenoxy) is 5. The van der Waals surface area contributed by atoms with E-state index in [9.17, 15) is 29.1 Å². The summed E-state index contributed by atoms with van der Waals surface area (Å²) in [7, 11) is 0. The van der Waals surface area contributed by atoms with Crippen LogP contribution in [0.15, 0.2) is 29.1 Å². The van der Waals surface area contributed by atoms with Crippen molar-refractivity contribution in [3.63, 3.8) is 0 Å². The summed E-state index contributed by atoms with van der Waals surface area (Å²) in [6.45, 7) is 5.58. The highest BCUT2D eigenvalue weighted by Crippen LogP contribution is 2.40. The molecule has 2 aliphatic heterocycles. The van der Waals surface area contributed by atoms with Crippen molar-refractivity contribution in [1.29, 1.82) is 0 Å². The number of alkyl carbamates (subject to hydrolysis) is 1. The molecule has 2 amide bonds. The predicted molar refractivity (Wildman–Crippen MR) is 190 cm³/mol. The van der Waals surface area contributed by atoms with Crippen LogP contribution in [-0.2, 0) is 53.7 Å². The second-order valence-electron chi connectivity index (χ2n) is 12.7. The molecule has 3 aromatic rings. The van der Waals surface area contributed by atoms with E-state index < -0.39 is 29.7 Å². The summed E-state index contributed by atoms with van der Waals surface area (Å²) >= 11 is 0. The van der Waals surface area contributed by atoms with E-state index in [-0.39, 0.29) is 75.7 Å². The van der Waals surface area contributed by atoms with E-state index in [1.807, 2.05) is 6.92 Å². The number of pyridine rings is 2. The highest BCUT2D eigenvalue weighted by Gasteiger charge is 2.45. The van der Waals surface area contributed by atoms with Gasteiger partial charge >= 0.3 is 24.1 Å². The van der Waals surface area contributed by atoms with Crippen molar-refractivity contribution in [3.05, 3.63) is 56.9 Å². The van der Waals surface area contributed by atoms with Crippen molar-refractivity contribution in [2.24, 2.45) is 0 Å². The van der Waals surface area contributed by atoms with Gasteiger partial charge in [0.25, 0.3) is 5.56 Å². The Morgan fingerprint density at radius 3 is 2.32 bits per heavy atom. The Kier molecular flexibility index (Phi) is 13.4. The SMILES string of the molecule is CCc1c2c(nc3ccc(OC(=O)NCCCCCCNC(=O)OCCOCCOCCC(=O)O)cc13)-c1cc3c(c(=O)n1C2)COC(=O)[C@]3(O)CC. The van der Waals surface area contributed by atoms with Gasteiger partial charge in [-0.15, -0.1) is 0 Å². The van der Waals surface area contributed by atoms with Gasteiger partial charge in [-0.1, -0.05) is 26.7 Å². The van der Waals surface area contributed by atoms with Gasteiger partial charge in [0, 0.05) is 29.6 Å². The van der Waals surface area contributed by atoms with Crippen LogP contribution in [0.3, 0.4) is 0 Å². The Balaban J connectivity index is 1.04. The molecule has 2 aromatic heterocycles. The number of amides is 2. The lowest BCUT2D eigenvalue weighted by atomic mass is 9.86. The number of aliphatic carboxylic acids is 1. The van der Waals surface area contributed by atoms with Gasteiger partial charge in [0.1, 0.15) is 19.0 Å². The Labute approximate surface area is 305 Å². The molecule has 4 N–H and O–H groups in total. The number of cyclic esters (lactones) is 1. The van der Waals surface area contributed by atoms with Gasteiger partial charge in [0.05, 0.1) is 61.9 Å². The Hall–Kier alpha value is -5.06. The standard InChI is InChI=1S/C37H46N4O12/c1-3-24-25-19-23(53-36(47)39-13-8-6-5-7-12-38-35(46)51-18-17-50-16-15-49-14-11-31(42)43)9-10-29(25)40-32-26(24)21-41-30(32)20-28-27(33(41)44)22-52-34(45)37(28,48)4-2/h9-10,19-20,48H,3-8,11-18,21-22H2,1-2H3,(H,38,46)(H,39,47)(H,42,43)/t37-/m0/s1. The molecular formula is C37H46N4O12. The van der Waals surface area contributed by atoms with E-state index in [1.54, 1.807) is 35.8 Å². The predicted octanol–water partition coefficient (Wildman–Crippen LogP) is 3.52. The number of carboxylic acid groups (broad SMARTS) is 1. The third kappa shape index (κ3) is 9.30. The van der Waals surface area contributed by atoms with E-state index >= 15 is 0 Å². The number of carbonyl (C=O) groups is 4. The maximum absolute atomic E-state index is 13.6. The van der Waals surface area contributed by atoms with Gasteiger partial charge < -0.3 is 49.1 Å². The first kappa shape index (κ1) is 39.2. The number of carbonyl (C=O) groups excluding carboxylic acids is 3. The van der Waals surface area contributed by atoms with Crippen LogP contribution in [0.1, 0.15) is 74.6 Å². The van der Waals surface area contributed by atoms with Crippen LogP contribution in [0.5, 0.6) is 5.75 Å². The third-order valence-corrected chi connectivity index (χ3v) is 9.28. The molecule has 286 valence electrons. The summed E-state index contributed by atoms with van der Waals surface area (Å²) < 4.78 is 27.7. The second kappa shape index (κ2) is 18.1. The molecule has 1 aromatic carbocycles. The first-order valence-electron chi connectivity index (χ1n) is 17.9. The Morgan fingerprint density at radius 1 is 0.925 bits per heavy atom. The lowest BCUT2D eigenvalue weighted by Gasteiger charge is -2.31. The minimum absolute atomic E-state index is 0.0621. The molecule has 0 spiro atoms. The topological polar surface area (TPSA) is 214 Å². The fourth-order valence-electron chi connectivity index (χ4n) is 6.46. The number of aromatic nitrogens is 2. The first-order chi connectivity index (χ1) is 25.6. The maximum Gasteiger partial charge on any atom is 0.412 e. The molecule has 1 atom stereocenters. The number of esters is 1. The number of carboxylic acids is 1. The molecule has 0 radical (unpaired) electrons. The molecule has 16 heteroatoms. The number of rotatable bonds is 19. The molecular weight excluding hydrogens is 692 g/mol. The number of unbranched alkanes of at least 4 members (excludes halogenated alkanes) is 3. The van der Waals surface area contributed by atoms with Crippen molar-refractivity contribution in [2.45, 2.75) is 77.5 Å². The van der Waals surface area contributed by atoms with Crippen LogP contribution in [0.2, 0.25) is 0 Å². The van der Waals surface area contributed by atoms with Crippen molar-refractivity contribution < 1.29 is 53.1 Å². The molecule has 2 aliphatic rings. The van der Waals surface area contributed by atoms with Gasteiger partial charge in [-0.3, -0.25) is 9.59 Å². The summed E-state index contributed by atoms with van der Waals surface area (Å²) in [5.74, 6) is -1.34. The summed E-state index contributed by atoms with van der Waals surface area (Å²) in [6, 6.07) is 6.89. The molecule has 0 aliphatic carbocycles. The Morgan fingerprint density at radius 2 is 1.62 bits per heavy atom. The molecule has 4 heterocycles. The van der Waals surface area contributed by atoms with Crippen LogP contribution < -0.4 is 20.9 Å². The Bertz CT molecular complexity index is 1890. The minimum atomic E-state index is -1.90. The fraction of sp³-hybridized carbons (Fsp3) is 0.514. The van der Waals surface area contributed by atoms with Gasteiger partial charge in [-0.2, -0.15) is 0 Å². The van der Waals surface area contributed by atoms with Crippen molar-refractivity contribution in [1.82, 2.24) is 20.2 Å². The highest BCUT2D eigenvalue weighted by atomic mass is 16.6. The van der Waals surface area contributed by atoms with E-state index in [0.717, 1.165) is 42.2 Å². The average molecular weight is 739 g/mol. The molecule has 0 unspecified atom stereocenters. The number of nitrogens with one attached hydrogen (secondary N) is 2. The lowest BCUT2D eigenvalue weighted by Crippen LogP contribution is -2.44. The molecule has 53 heavy (non-hydrogen) atoms. The zero-order valence-electron chi connectivity index (χ0n) is 30.0. The zero-order chi connectivity index (χ0) is 38.0. The molecule has 16 nitrogen and oxygen atoms in total. The summed E-state index contributed by atoms with van der Waals surface area (Å²) in [5, 5.41) is 25.9. The monoisotopic (exact) mass is 738 g/mol. The van der Waals surface area contributed by atoms with Gasteiger partial charge in [-0.25, -0.2) is 19.4 Å². The fourth-order valence-corrected chi connectivity index (χ4v) is 6.46. The van der Waals surface area contributed by atoms with Gasteiger partial charge in [0.2, 0.25) is 0 Å². The second-order valence-corrected chi connectivity index (χ2v) is 12.7. The van der Waals surface area contributed by atoms with Crippen molar-refractivity contribution >= 4 is 35.0 Å². The third-order valence-electron chi connectivity index (χ3n) is 9.28. The smallest absolute Gasteiger partial charge is 0.412 e. The number of nitrogens with zero attached hydrogens (tertiary/aromatic N) is 2. The van der Waals surface area contributed by atoms with Crippen molar-refractivity contribution in [2.75, 3.05) is 46.1 Å². The summed E-state index contributed by atoms with van der Waals surface area (Å²) in [5.41, 5.74) is 1.93. The van der Waals surface area contributed by atoms with Crippen LogP contribution in [0.4, 0.5) is 9.59 Å². The normalized spacial score (nSPS) is 15.6. The number of fused-ring (bicyclic) bond motifs is 5. The summed E-state index contributed by atoms with van der Waals surface area (Å²) in [4.78, 5) is 65.7. The number of aliphatic hydroxyl groups is 1. The number of aryl methyl sites for hydroxylation is 1. The van der Waals surface area contributed by atoms with Gasteiger partial charge in [-0.05, 0) is 55.5 Å². The maximum atomic E-state index is 13.6. The van der Waals surface area contributed by atoms with E-state index in [2.05, 4.69) is 10.6 Å². The highest BCUT2D eigenvalue weighted by molar-refractivity contribution is 5.90. The van der Waals surface area contributed by atoms with Crippen LogP contribution in [0.25, 0.3) is 22.3 Å². The molecule has 0 fully saturated rings. The van der Waals surface area contributed by atoms with E-state index in [1.165, 1.54) is 0 Å². The van der Waals surface area contributed by atoms with E-state index in [4.69, 9.17) is 33.8 Å². The van der Waals surface area contributed by atoms with Crippen LogP contribution in [-0.4, -0.2) is 90.0 Å². The number of hydrogen-bond donors (Lipinski definition) is 4. The van der Waals surface area contributed by atoms with Crippen LogP contribution in [0, 0.1) is 0 Å². The minimum Gasteiger partial charge on any atom is -0.481 e.